The minimum absolute atomic E-state index is 0.0936. The topological polar surface area (TPSA) is 47.6 Å². The number of rotatable bonds is 7. The van der Waals surface area contributed by atoms with Crippen molar-refractivity contribution in [2.24, 2.45) is 0 Å². The Morgan fingerprint density at radius 3 is 2.67 bits per heavy atom. The normalized spacial score (nSPS) is 10.3. The lowest BCUT2D eigenvalue weighted by molar-refractivity contribution is -0.113. The molecule has 0 saturated heterocycles. The average molecular weight is 353 g/mol. The third-order valence-corrected chi connectivity index (χ3v) is 4.18. The van der Waals surface area contributed by atoms with E-state index in [1.54, 1.807) is 18.2 Å². The van der Waals surface area contributed by atoms with Crippen molar-refractivity contribution in [2.75, 3.05) is 25.3 Å². The number of carbonyl (C=O) groups is 1. The lowest BCUT2D eigenvalue weighted by atomic mass is 10.2. The van der Waals surface area contributed by atoms with Crippen LogP contribution in [0, 0.1) is 11.6 Å². The number of anilines is 1. The van der Waals surface area contributed by atoms with Crippen LogP contribution in [0.4, 0.5) is 14.5 Å². The number of thioether (sulfide) groups is 1. The Kier molecular flexibility index (Phi) is 6.43. The number of halogens is 2. The summed E-state index contributed by atoms with van der Waals surface area (Å²) in [6.07, 6.45) is 0. The highest BCUT2D eigenvalue weighted by Crippen LogP contribution is 2.29. The van der Waals surface area contributed by atoms with Crippen LogP contribution >= 0.6 is 11.8 Å². The predicted molar refractivity (Wildman–Crippen MR) is 90.7 cm³/mol. The first kappa shape index (κ1) is 18.1. The quantitative estimate of drug-likeness (QED) is 0.821. The van der Waals surface area contributed by atoms with Crippen molar-refractivity contribution in [3.63, 3.8) is 0 Å². The highest BCUT2D eigenvalue weighted by molar-refractivity contribution is 7.99. The Bertz CT molecular complexity index is 725. The van der Waals surface area contributed by atoms with Crippen LogP contribution in [-0.4, -0.2) is 25.9 Å². The fraction of sp³-hybridized carbons (Fsp3) is 0.235. The van der Waals surface area contributed by atoms with E-state index >= 15 is 0 Å². The largest absolute Gasteiger partial charge is 0.497 e. The van der Waals surface area contributed by atoms with Gasteiger partial charge in [0.15, 0.2) is 11.6 Å². The lowest BCUT2D eigenvalue weighted by Gasteiger charge is -2.11. The minimum Gasteiger partial charge on any atom is -0.497 e. The van der Waals surface area contributed by atoms with Crippen LogP contribution in [-0.2, 0) is 10.5 Å². The van der Waals surface area contributed by atoms with Crippen molar-refractivity contribution in [1.82, 2.24) is 0 Å². The van der Waals surface area contributed by atoms with Crippen LogP contribution in [0.5, 0.6) is 11.5 Å². The molecule has 4 nitrogen and oxygen atoms in total. The molecule has 1 N–H and O–H groups in total. The van der Waals surface area contributed by atoms with E-state index in [0.29, 0.717) is 17.2 Å². The number of methoxy groups -OCH3 is 2. The molecule has 0 aromatic heterocycles. The molecule has 2 aromatic rings. The SMILES string of the molecule is COc1ccc(OC)c(NC(=O)CSCc2cccc(F)c2F)c1. The van der Waals surface area contributed by atoms with Gasteiger partial charge in [-0.2, -0.15) is 0 Å². The molecule has 0 spiro atoms. The van der Waals surface area contributed by atoms with Crippen molar-refractivity contribution in [3.05, 3.63) is 53.6 Å². The van der Waals surface area contributed by atoms with Crippen molar-refractivity contribution < 1.29 is 23.0 Å². The van der Waals surface area contributed by atoms with Gasteiger partial charge in [-0.1, -0.05) is 12.1 Å². The Morgan fingerprint density at radius 1 is 1.17 bits per heavy atom. The van der Waals surface area contributed by atoms with E-state index < -0.39 is 11.6 Å². The molecule has 0 unspecified atom stereocenters. The molecule has 0 bridgehead atoms. The standard InChI is InChI=1S/C17H17F2NO3S/c1-22-12-6-7-15(23-2)14(8-12)20-16(21)10-24-9-11-4-3-5-13(18)17(11)19/h3-8H,9-10H2,1-2H3,(H,20,21). The number of carbonyl (C=O) groups excluding carboxylic acids is 1. The molecule has 0 saturated carbocycles. The summed E-state index contributed by atoms with van der Waals surface area (Å²) in [5.74, 6) is -0.657. The molecule has 7 heteroatoms. The van der Waals surface area contributed by atoms with Crippen molar-refractivity contribution >= 4 is 23.4 Å². The maximum absolute atomic E-state index is 13.5. The van der Waals surface area contributed by atoms with Crippen molar-refractivity contribution in [1.29, 1.82) is 0 Å². The molecule has 24 heavy (non-hydrogen) atoms. The molecule has 0 radical (unpaired) electrons. The number of benzene rings is 2. The van der Waals surface area contributed by atoms with Gasteiger partial charge in [0.1, 0.15) is 11.5 Å². The van der Waals surface area contributed by atoms with Gasteiger partial charge in [-0.05, 0) is 18.2 Å². The number of hydrogen-bond donors (Lipinski definition) is 1. The molecule has 2 rings (SSSR count). The molecular formula is C17H17F2NO3S. The smallest absolute Gasteiger partial charge is 0.234 e. The van der Waals surface area contributed by atoms with Crippen LogP contribution in [0.3, 0.4) is 0 Å². The van der Waals surface area contributed by atoms with Crippen LogP contribution in [0.15, 0.2) is 36.4 Å². The molecule has 0 atom stereocenters. The summed E-state index contributed by atoms with van der Waals surface area (Å²) in [4.78, 5) is 12.0. The lowest BCUT2D eigenvalue weighted by Crippen LogP contribution is -2.15. The predicted octanol–water partition coefficient (Wildman–Crippen LogP) is 3.85. The Morgan fingerprint density at radius 2 is 1.96 bits per heavy atom. The van der Waals surface area contributed by atoms with Crippen LogP contribution in [0.1, 0.15) is 5.56 Å². The fourth-order valence-electron chi connectivity index (χ4n) is 2.01. The van der Waals surface area contributed by atoms with Gasteiger partial charge in [0.2, 0.25) is 5.91 Å². The summed E-state index contributed by atoms with van der Waals surface area (Å²) in [5, 5.41) is 2.72. The molecule has 128 valence electrons. The van der Waals surface area contributed by atoms with E-state index in [4.69, 9.17) is 9.47 Å². The second-order valence-electron chi connectivity index (χ2n) is 4.82. The maximum atomic E-state index is 13.5. The van der Waals surface area contributed by atoms with Crippen LogP contribution in [0.2, 0.25) is 0 Å². The minimum atomic E-state index is -0.890. The zero-order chi connectivity index (χ0) is 17.5. The van der Waals surface area contributed by atoms with E-state index in [9.17, 15) is 13.6 Å². The molecule has 2 aromatic carbocycles. The van der Waals surface area contributed by atoms with Crippen molar-refractivity contribution in [3.8, 4) is 11.5 Å². The van der Waals surface area contributed by atoms with E-state index in [1.807, 2.05) is 0 Å². The van der Waals surface area contributed by atoms with Crippen molar-refractivity contribution in [2.45, 2.75) is 5.75 Å². The Hall–Kier alpha value is -2.28. The maximum Gasteiger partial charge on any atom is 0.234 e. The highest BCUT2D eigenvalue weighted by Gasteiger charge is 2.11. The summed E-state index contributed by atoms with van der Waals surface area (Å²) < 4.78 is 36.9. The summed E-state index contributed by atoms with van der Waals surface area (Å²) in [7, 11) is 3.02. The zero-order valence-electron chi connectivity index (χ0n) is 13.3. The third-order valence-electron chi connectivity index (χ3n) is 3.20. The Labute approximate surface area is 143 Å². The first-order chi connectivity index (χ1) is 11.5. The summed E-state index contributed by atoms with van der Waals surface area (Å²) in [6, 6.07) is 9.04. The average Bonchev–Trinajstić information content (AvgIpc) is 2.58. The zero-order valence-corrected chi connectivity index (χ0v) is 14.1. The molecule has 0 heterocycles. The van der Waals surface area contributed by atoms with Gasteiger partial charge in [0.05, 0.1) is 25.7 Å². The summed E-state index contributed by atoms with van der Waals surface area (Å²) in [6.45, 7) is 0. The van der Waals surface area contributed by atoms with E-state index in [0.717, 1.165) is 6.07 Å². The second kappa shape index (κ2) is 8.54. The van der Waals surface area contributed by atoms with Gasteiger partial charge in [0.25, 0.3) is 0 Å². The van der Waals surface area contributed by atoms with Gasteiger partial charge in [-0.3, -0.25) is 4.79 Å². The molecular weight excluding hydrogens is 336 g/mol. The monoisotopic (exact) mass is 353 g/mol. The number of hydrogen-bond acceptors (Lipinski definition) is 4. The van der Waals surface area contributed by atoms with Gasteiger partial charge in [-0.15, -0.1) is 11.8 Å². The first-order valence-electron chi connectivity index (χ1n) is 7.07. The molecule has 0 aliphatic heterocycles. The number of amides is 1. The van der Waals surface area contributed by atoms with Crippen LogP contribution in [0.25, 0.3) is 0 Å². The number of ether oxygens (including phenoxy) is 2. The van der Waals surface area contributed by atoms with Gasteiger partial charge in [-0.25, -0.2) is 8.78 Å². The van der Waals surface area contributed by atoms with Crippen LogP contribution < -0.4 is 14.8 Å². The Balaban J connectivity index is 1.93. The summed E-state index contributed by atoms with van der Waals surface area (Å²) in [5.41, 5.74) is 0.714. The number of nitrogens with one attached hydrogen (secondary N) is 1. The molecule has 0 aliphatic rings. The second-order valence-corrected chi connectivity index (χ2v) is 5.81. The highest BCUT2D eigenvalue weighted by atomic mass is 32.2. The van der Waals surface area contributed by atoms with E-state index in [2.05, 4.69) is 5.32 Å². The van der Waals surface area contributed by atoms with Gasteiger partial charge >= 0.3 is 0 Å². The van der Waals surface area contributed by atoms with E-state index in [1.165, 1.54) is 38.1 Å². The van der Waals surface area contributed by atoms with E-state index in [-0.39, 0.29) is 23.0 Å². The molecule has 0 fully saturated rings. The molecule has 1 amide bonds. The van der Waals surface area contributed by atoms with Gasteiger partial charge in [0, 0.05) is 17.4 Å². The third kappa shape index (κ3) is 4.61. The molecule has 0 aliphatic carbocycles. The first-order valence-corrected chi connectivity index (χ1v) is 8.23. The summed E-state index contributed by atoms with van der Waals surface area (Å²) >= 11 is 1.19. The fourth-order valence-corrected chi connectivity index (χ4v) is 2.81. The van der Waals surface area contributed by atoms with Gasteiger partial charge < -0.3 is 14.8 Å².